The van der Waals surface area contributed by atoms with Gasteiger partial charge >= 0.3 is 17.6 Å². The lowest BCUT2D eigenvalue weighted by Crippen LogP contribution is -2.36. The highest BCUT2D eigenvalue weighted by Gasteiger charge is 2.65. The Morgan fingerprint density at radius 1 is 1.03 bits per heavy atom. The Balaban J connectivity index is 1.37. The minimum Gasteiger partial charge on any atom is -0.410 e. The SMILES string of the molecule is O=C(Nc1cnccc1CN1C(=O)N(c2ccc(S(=O)(=O)C(F)(F)F)cc2)C(=O)C12CC2)Oc1ccccc1. The molecule has 5 rings (SSSR count). The first-order valence-electron chi connectivity index (χ1n) is 11.5. The first-order valence-corrected chi connectivity index (χ1v) is 13.0. The third-order valence-corrected chi connectivity index (χ3v) is 7.91. The summed E-state index contributed by atoms with van der Waals surface area (Å²) in [5.41, 5.74) is -6.02. The minimum atomic E-state index is -5.59. The van der Waals surface area contributed by atoms with Crippen molar-refractivity contribution in [1.29, 1.82) is 0 Å². The van der Waals surface area contributed by atoms with Crippen LogP contribution in [0.5, 0.6) is 5.75 Å². The normalized spacial score (nSPS) is 16.5. The Labute approximate surface area is 219 Å². The molecule has 0 bridgehead atoms. The van der Waals surface area contributed by atoms with Crippen LogP contribution in [0.4, 0.5) is 34.1 Å². The summed E-state index contributed by atoms with van der Waals surface area (Å²) in [6.07, 6.45) is 2.73. The van der Waals surface area contributed by atoms with Crippen molar-refractivity contribution in [3.05, 3.63) is 78.6 Å². The number of pyridine rings is 1. The first-order chi connectivity index (χ1) is 18.4. The lowest BCUT2D eigenvalue weighted by molar-refractivity contribution is -0.120. The number of hydrogen-bond donors (Lipinski definition) is 1. The van der Waals surface area contributed by atoms with Gasteiger partial charge in [-0.15, -0.1) is 0 Å². The molecule has 2 aromatic carbocycles. The number of alkyl halides is 3. The summed E-state index contributed by atoms with van der Waals surface area (Å²) in [7, 11) is -5.59. The Hall–Kier alpha value is -4.46. The first kappa shape index (κ1) is 26.2. The molecule has 1 saturated heterocycles. The maximum Gasteiger partial charge on any atom is 0.501 e. The van der Waals surface area contributed by atoms with E-state index in [0.29, 0.717) is 36.3 Å². The van der Waals surface area contributed by atoms with Gasteiger partial charge in [0.05, 0.1) is 29.0 Å². The van der Waals surface area contributed by atoms with Gasteiger partial charge in [0.1, 0.15) is 11.3 Å². The number of sulfone groups is 1. The number of imide groups is 1. The van der Waals surface area contributed by atoms with Crippen molar-refractivity contribution >= 4 is 39.2 Å². The van der Waals surface area contributed by atoms with Crippen molar-refractivity contribution in [3.63, 3.8) is 0 Å². The van der Waals surface area contributed by atoms with Gasteiger partial charge < -0.3 is 9.64 Å². The second-order valence-electron chi connectivity index (χ2n) is 8.84. The number of benzene rings is 2. The number of ether oxygens (including phenoxy) is 1. The molecule has 1 aromatic heterocycles. The zero-order valence-corrected chi connectivity index (χ0v) is 20.7. The van der Waals surface area contributed by atoms with E-state index in [1.807, 2.05) is 0 Å². The fraction of sp³-hybridized carbons (Fsp3) is 0.200. The van der Waals surface area contributed by atoms with Gasteiger partial charge in [-0.25, -0.2) is 22.9 Å². The maximum absolute atomic E-state index is 13.4. The van der Waals surface area contributed by atoms with E-state index in [2.05, 4.69) is 10.3 Å². The zero-order valence-electron chi connectivity index (χ0n) is 19.9. The Bertz CT molecular complexity index is 1560. The van der Waals surface area contributed by atoms with Crippen LogP contribution in [0.1, 0.15) is 18.4 Å². The molecule has 0 unspecified atom stereocenters. The van der Waals surface area contributed by atoms with E-state index in [-0.39, 0.29) is 17.9 Å². The monoisotopic (exact) mass is 560 g/mol. The predicted octanol–water partition coefficient (Wildman–Crippen LogP) is 4.49. The molecule has 2 fully saturated rings. The van der Waals surface area contributed by atoms with E-state index in [1.54, 1.807) is 36.4 Å². The zero-order chi connectivity index (χ0) is 28.0. The molecular formula is C25H19F3N4O6S. The van der Waals surface area contributed by atoms with Crippen molar-refractivity contribution in [3.8, 4) is 5.75 Å². The van der Waals surface area contributed by atoms with Crippen LogP contribution in [0.15, 0.2) is 78.0 Å². The highest BCUT2D eigenvalue weighted by atomic mass is 32.2. The van der Waals surface area contributed by atoms with Crippen LogP contribution in [0, 0.1) is 0 Å². The van der Waals surface area contributed by atoms with Crippen LogP contribution in [0.2, 0.25) is 0 Å². The number of amides is 4. The lowest BCUT2D eigenvalue weighted by atomic mass is 10.1. The number of rotatable bonds is 6. The molecule has 10 nitrogen and oxygen atoms in total. The van der Waals surface area contributed by atoms with Gasteiger partial charge in [0.25, 0.3) is 15.7 Å². The molecule has 3 aromatic rings. The molecule has 1 saturated carbocycles. The highest BCUT2D eigenvalue weighted by molar-refractivity contribution is 7.92. The van der Waals surface area contributed by atoms with Gasteiger partial charge in [0, 0.05) is 6.20 Å². The molecule has 39 heavy (non-hydrogen) atoms. The number of aromatic nitrogens is 1. The summed E-state index contributed by atoms with van der Waals surface area (Å²) in [5.74, 6) is -0.270. The predicted molar refractivity (Wildman–Crippen MR) is 130 cm³/mol. The van der Waals surface area contributed by atoms with E-state index >= 15 is 0 Å². The third-order valence-electron chi connectivity index (χ3n) is 6.40. The fourth-order valence-corrected chi connectivity index (χ4v) is 5.01. The van der Waals surface area contributed by atoms with E-state index in [1.165, 1.54) is 17.3 Å². The molecule has 2 aliphatic rings. The average Bonchev–Trinajstić information content (AvgIpc) is 3.67. The Morgan fingerprint density at radius 2 is 1.69 bits per heavy atom. The number of para-hydroxylation sites is 1. The van der Waals surface area contributed by atoms with Gasteiger partial charge in [-0.2, -0.15) is 13.2 Å². The molecule has 0 atom stereocenters. The van der Waals surface area contributed by atoms with E-state index in [0.717, 1.165) is 17.0 Å². The maximum atomic E-state index is 13.4. The van der Waals surface area contributed by atoms with Crippen molar-refractivity contribution in [2.45, 2.75) is 35.3 Å². The van der Waals surface area contributed by atoms with E-state index < -0.39 is 43.8 Å². The average molecular weight is 561 g/mol. The fourth-order valence-electron chi connectivity index (χ4n) is 4.25. The highest BCUT2D eigenvalue weighted by Crippen LogP contribution is 2.50. The summed E-state index contributed by atoms with van der Waals surface area (Å²) < 4.78 is 67.2. The molecule has 202 valence electrons. The molecule has 1 spiro atoms. The molecule has 4 amide bonds. The molecule has 1 aliphatic heterocycles. The van der Waals surface area contributed by atoms with Crippen LogP contribution in [0.3, 0.4) is 0 Å². The Kier molecular flexibility index (Phi) is 6.29. The van der Waals surface area contributed by atoms with E-state index in [4.69, 9.17) is 4.74 Å². The number of carbonyl (C=O) groups is 3. The quantitative estimate of drug-likeness (QED) is 0.441. The largest absolute Gasteiger partial charge is 0.501 e. The number of urea groups is 1. The van der Waals surface area contributed by atoms with Crippen LogP contribution in [-0.2, 0) is 21.2 Å². The van der Waals surface area contributed by atoms with E-state index in [9.17, 15) is 36.0 Å². The molecule has 0 radical (unpaired) electrons. The van der Waals surface area contributed by atoms with Crippen LogP contribution in [0.25, 0.3) is 0 Å². The topological polar surface area (TPSA) is 126 Å². The van der Waals surface area contributed by atoms with Crippen molar-refractivity contribution in [2.24, 2.45) is 0 Å². The van der Waals surface area contributed by atoms with Gasteiger partial charge in [-0.3, -0.25) is 15.1 Å². The van der Waals surface area contributed by atoms with Crippen LogP contribution < -0.4 is 15.0 Å². The summed E-state index contributed by atoms with van der Waals surface area (Å²) in [6, 6.07) is 12.5. The lowest BCUT2D eigenvalue weighted by Gasteiger charge is -2.22. The van der Waals surface area contributed by atoms with Crippen LogP contribution >= 0.6 is 0 Å². The van der Waals surface area contributed by atoms with Gasteiger partial charge in [-0.05, 0) is 60.9 Å². The molecule has 14 heteroatoms. The smallest absolute Gasteiger partial charge is 0.410 e. The summed E-state index contributed by atoms with van der Waals surface area (Å²) >= 11 is 0. The third kappa shape index (κ3) is 4.67. The number of nitrogens with zero attached hydrogens (tertiary/aromatic N) is 3. The number of anilines is 2. The van der Waals surface area contributed by atoms with Crippen molar-refractivity contribution in [1.82, 2.24) is 9.88 Å². The van der Waals surface area contributed by atoms with Gasteiger partial charge in [-0.1, -0.05) is 18.2 Å². The molecule has 2 heterocycles. The number of nitrogens with one attached hydrogen (secondary N) is 1. The minimum absolute atomic E-state index is 0.0700. The summed E-state index contributed by atoms with van der Waals surface area (Å²) in [4.78, 5) is 44.2. The van der Waals surface area contributed by atoms with Gasteiger partial charge in [0.2, 0.25) is 0 Å². The van der Waals surface area contributed by atoms with Gasteiger partial charge in [0.15, 0.2) is 0 Å². The molecule has 1 N–H and O–H groups in total. The standard InChI is InChI=1S/C25H19F3N4O6S/c26-25(27,28)39(36,37)19-8-6-17(7-9-19)32-21(33)24(11-12-24)31(23(32)35)15-16-10-13-29-14-20(16)30-22(34)38-18-4-2-1-3-5-18/h1-10,13-14H,11-12,15H2,(H,30,34). The number of halogens is 3. The number of carbonyl (C=O) groups excluding carboxylic acids is 3. The molecular weight excluding hydrogens is 541 g/mol. The van der Waals surface area contributed by atoms with Crippen molar-refractivity contribution < 1.29 is 40.7 Å². The van der Waals surface area contributed by atoms with Crippen LogP contribution in [-0.4, -0.2) is 47.4 Å². The van der Waals surface area contributed by atoms with Crippen molar-refractivity contribution in [2.75, 3.05) is 10.2 Å². The summed E-state index contributed by atoms with van der Waals surface area (Å²) in [5, 5.41) is 2.57. The number of hydrogen-bond acceptors (Lipinski definition) is 7. The Morgan fingerprint density at radius 3 is 2.31 bits per heavy atom. The second kappa shape index (κ2) is 9.38. The summed E-state index contributed by atoms with van der Waals surface area (Å²) in [6.45, 7) is -0.0922. The second-order valence-corrected chi connectivity index (χ2v) is 10.8. The molecule has 1 aliphatic carbocycles.